The maximum absolute atomic E-state index is 5.86. The summed E-state index contributed by atoms with van der Waals surface area (Å²) in [5.74, 6) is 2.47. The lowest BCUT2D eigenvalue weighted by Crippen LogP contribution is -2.35. The number of aromatic nitrogens is 2. The summed E-state index contributed by atoms with van der Waals surface area (Å²) in [6, 6.07) is 2.53. The van der Waals surface area contributed by atoms with Gasteiger partial charge in [-0.1, -0.05) is 12.8 Å². The van der Waals surface area contributed by atoms with Gasteiger partial charge < -0.3 is 10.6 Å². The van der Waals surface area contributed by atoms with E-state index in [1.54, 1.807) is 6.33 Å². The van der Waals surface area contributed by atoms with E-state index in [2.05, 4.69) is 28.0 Å². The lowest BCUT2D eigenvalue weighted by Gasteiger charge is -2.32. The Kier molecular flexibility index (Phi) is 7.17. The highest BCUT2D eigenvalue weighted by Gasteiger charge is 2.29. The van der Waals surface area contributed by atoms with E-state index < -0.39 is 0 Å². The Labute approximate surface area is 139 Å². The largest absolute Gasteiger partial charge is 0.359 e. The minimum atomic E-state index is 0. The lowest BCUT2D eigenvalue weighted by molar-refractivity contribution is 0.345. The average Bonchev–Trinajstić information content (AvgIpc) is 2.88. The van der Waals surface area contributed by atoms with Crippen molar-refractivity contribution in [2.75, 3.05) is 18.5 Å². The Morgan fingerprint density at radius 3 is 2.48 bits per heavy atom. The van der Waals surface area contributed by atoms with Crippen LogP contribution < -0.4 is 10.6 Å². The Bertz CT molecular complexity index is 431. The summed E-state index contributed by atoms with van der Waals surface area (Å²) in [6.45, 7) is 1.13. The fourth-order valence-corrected chi connectivity index (χ4v) is 3.37. The van der Waals surface area contributed by atoms with Gasteiger partial charge in [0.25, 0.3) is 0 Å². The van der Waals surface area contributed by atoms with Crippen molar-refractivity contribution in [1.82, 2.24) is 9.97 Å². The van der Waals surface area contributed by atoms with E-state index in [1.165, 1.54) is 31.4 Å². The van der Waals surface area contributed by atoms with Crippen LogP contribution in [-0.2, 0) is 0 Å². The van der Waals surface area contributed by atoms with E-state index in [0.717, 1.165) is 31.1 Å². The third-order valence-electron chi connectivity index (χ3n) is 4.66. The molecule has 0 spiro atoms. The topological polar surface area (TPSA) is 55.0 Å². The molecule has 6 heteroatoms. The SMILES string of the molecule is CN(CC1CCCC1)c1cc(C2CC(N)C2)ncn1.Cl.Cl. The predicted molar refractivity (Wildman–Crippen MR) is 91.7 cm³/mol. The van der Waals surface area contributed by atoms with E-state index in [1.807, 2.05) is 0 Å². The summed E-state index contributed by atoms with van der Waals surface area (Å²) in [6.07, 6.45) is 9.39. The van der Waals surface area contributed by atoms with Crippen molar-refractivity contribution < 1.29 is 0 Å². The fraction of sp³-hybridized carbons (Fsp3) is 0.733. The molecular formula is C15H26Cl2N4. The van der Waals surface area contributed by atoms with Crippen LogP contribution in [0.25, 0.3) is 0 Å². The molecule has 1 aromatic rings. The molecule has 0 unspecified atom stereocenters. The number of anilines is 1. The second-order valence-corrected chi connectivity index (χ2v) is 6.26. The lowest BCUT2D eigenvalue weighted by atomic mass is 9.78. The third-order valence-corrected chi connectivity index (χ3v) is 4.66. The average molecular weight is 333 g/mol. The van der Waals surface area contributed by atoms with Crippen molar-refractivity contribution in [3.63, 3.8) is 0 Å². The Balaban J connectivity index is 0.00000110. The number of hydrogen-bond donors (Lipinski definition) is 1. The summed E-state index contributed by atoms with van der Waals surface area (Å²) in [4.78, 5) is 11.1. The fourth-order valence-electron chi connectivity index (χ4n) is 3.37. The van der Waals surface area contributed by atoms with Crippen molar-refractivity contribution in [1.29, 1.82) is 0 Å². The Morgan fingerprint density at radius 1 is 1.19 bits per heavy atom. The predicted octanol–water partition coefficient (Wildman–Crippen LogP) is 3.15. The summed E-state index contributed by atoms with van der Waals surface area (Å²) in [5, 5.41) is 0. The number of rotatable bonds is 4. The first-order valence-corrected chi connectivity index (χ1v) is 7.51. The molecule has 4 nitrogen and oxygen atoms in total. The van der Waals surface area contributed by atoms with E-state index >= 15 is 0 Å². The van der Waals surface area contributed by atoms with Crippen LogP contribution in [0.15, 0.2) is 12.4 Å². The minimum absolute atomic E-state index is 0. The van der Waals surface area contributed by atoms with Gasteiger partial charge in [-0.25, -0.2) is 9.97 Å². The third kappa shape index (κ3) is 4.44. The van der Waals surface area contributed by atoms with Gasteiger partial charge in [-0.3, -0.25) is 0 Å². The zero-order valence-electron chi connectivity index (χ0n) is 12.6. The zero-order chi connectivity index (χ0) is 13.2. The molecule has 0 amide bonds. The first-order valence-electron chi connectivity index (χ1n) is 7.51. The highest BCUT2D eigenvalue weighted by atomic mass is 35.5. The molecule has 2 N–H and O–H groups in total. The second kappa shape index (κ2) is 8.16. The Morgan fingerprint density at radius 2 is 1.86 bits per heavy atom. The molecule has 3 rings (SSSR count). The first-order chi connectivity index (χ1) is 9.22. The summed E-state index contributed by atoms with van der Waals surface area (Å²) >= 11 is 0. The van der Waals surface area contributed by atoms with Gasteiger partial charge in [-0.15, -0.1) is 24.8 Å². The summed E-state index contributed by atoms with van der Waals surface area (Å²) in [5.41, 5.74) is 7.03. The molecule has 2 saturated carbocycles. The van der Waals surface area contributed by atoms with Gasteiger partial charge in [0.05, 0.1) is 0 Å². The van der Waals surface area contributed by atoms with Crippen LogP contribution in [0.4, 0.5) is 5.82 Å². The highest BCUT2D eigenvalue weighted by Crippen LogP contribution is 2.35. The van der Waals surface area contributed by atoms with E-state index in [-0.39, 0.29) is 24.8 Å². The molecular weight excluding hydrogens is 307 g/mol. The van der Waals surface area contributed by atoms with Crippen LogP contribution in [0, 0.1) is 5.92 Å². The normalized spacial score (nSPS) is 24.7. The molecule has 2 fully saturated rings. The van der Waals surface area contributed by atoms with Gasteiger partial charge in [-0.05, 0) is 31.6 Å². The quantitative estimate of drug-likeness (QED) is 0.920. The number of hydrogen-bond acceptors (Lipinski definition) is 4. The molecule has 0 aliphatic heterocycles. The van der Waals surface area contributed by atoms with Crippen molar-refractivity contribution >= 4 is 30.6 Å². The molecule has 1 aromatic heterocycles. The second-order valence-electron chi connectivity index (χ2n) is 6.26. The Hall–Kier alpha value is -0.580. The molecule has 0 saturated heterocycles. The van der Waals surface area contributed by atoms with Gasteiger partial charge in [0.15, 0.2) is 0 Å². The van der Waals surface area contributed by atoms with Gasteiger partial charge in [0.2, 0.25) is 0 Å². The minimum Gasteiger partial charge on any atom is -0.359 e. The first kappa shape index (κ1) is 18.5. The van der Waals surface area contributed by atoms with Crippen LogP contribution >= 0.6 is 24.8 Å². The molecule has 120 valence electrons. The summed E-state index contributed by atoms with van der Waals surface area (Å²) in [7, 11) is 2.15. The zero-order valence-corrected chi connectivity index (χ0v) is 14.2. The smallest absolute Gasteiger partial charge is 0.131 e. The van der Waals surface area contributed by atoms with Crippen molar-refractivity contribution in [3.05, 3.63) is 18.1 Å². The van der Waals surface area contributed by atoms with Gasteiger partial charge >= 0.3 is 0 Å². The molecule has 0 aromatic carbocycles. The van der Waals surface area contributed by atoms with Crippen LogP contribution in [-0.4, -0.2) is 29.6 Å². The standard InChI is InChI=1S/C15H24N4.2ClH/c1-19(9-11-4-2-3-5-11)15-8-14(17-10-18-15)12-6-13(16)7-12;;/h8,10-13H,2-7,9,16H2,1H3;2*1H. The van der Waals surface area contributed by atoms with Crippen molar-refractivity contribution in [3.8, 4) is 0 Å². The maximum Gasteiger partial charge on any atom is 0.131 e. The van der Waals surface area contributed by atoms with Crippen molar-refractivity contribution in [2.24, 2.45) is 11.7 Å². The number of nitrogens with zero attached hydrogens (tertiary/aromatic N) is 3. The molecule has 2 aliphatic rings. The molecule has 21 heavy (non-hydrogen) atoms. The van der Waals surface area contributed by atoms with E-state index in [0.29, 0.717) is 12.0 Å². The molecule has 0 bridgehead atoms. The van der Waals surface area contributed by atoms with Crippen LogP contribution in [0.2, 0.25) is 0 Å². The summed E-state index contributed by atoms with van der Waals surface area (Å²) < 4.78 is 0. The van der Waals surface area contributed by atoms with Crippen LogP contribution in [0.1, 0.15) is 50.1 Å². The molecule has 1 heterocycles. The van der Waals surface area contributed by atoms with Crippen molar-refractivity contribution in [2.45, 2.75) is 50.5 Å². The maximum atomic E-state index is 5.86. The van der Waals surface area contributed by atoms with E-state index in [9.17, 15) is 0 Å². The number of nitrogens with two attached hydrogens (primary N) is 1. The molecule has 2 aliphatic carbocycles. The highest BCUT2D eigenvalue weighted by molar-refractivity contribution is 5.85. The van der Waals surface area contributed by atoms with E-state index in [4.69, 9.17) is 5.73 Å². The molecule has 0 radical (unpaired) electrons. The molecule has 0 atom stereocenters. The van der Waals surface area contributed by atoms with Gasteiger partial charge in [0.1, 0.15) is 12.1 Å². The number of halogens is 2. The van der Waals surface area contributed by atoms with Gasteiger partial charge in [-0.2, -0.15) is 0 Å². The van der Waals surface area contributed by atoms with Crippen LogP contribution in [0.3, 0.4) is 0 Å². The van der Waals surface area contributed by atoms with Crippen LogP contribution in [0.5, 0.6) is 0 Å². The monoisotopic (exact) mass is 332 g/mol. The van der Waals surface area contributed by atoms with Gasteiger partial charge in [0, 0.05) is 37.3 Å².